The minimum Gasteiger partial charge on any atom is -0.324 e. The first-order valence-electron chi connectivity index (χ1n) is 3.81. The van der Waals surface area contributed by atoms with Gasteiger partial charge in [0.1, 0.15) is 0 Å². The second kappa shape index (κ2) is 2.85. The zero-order valence-corrected chi connectivity index (χ0v) is 7.75. The first kappa shape index (κ1) is 8.26. The monoisotopic (exact) mass is 194 g/mol. The van der Waals surface area contributed by atoms with Crippen molar-refractivity contribution < 1.29 is 4.79 Å². The van der Waals surface area contributed by atoms with Gasteiger partial charge < -0.3 is 4.57 Å². The Hall–Kier alpha value is -1.35. The van der Waals surface area contributed by atoms with Crippen LogP contribution in [-0.4, -0.2) is 14.8 Å². The van der Waals surface area contributed by atoms with Gasteiger partial charge in [0.05, 0.1) is 11.0 Å². The molecule has 4 heteroatoms. The first-order valence-corrected chi connectivity index (χ1v) is 4.19. The Bertz CT molecular complexity index is 475. The first-order chi connectivity index (χ1) is 6.20. The number of hydrogen-bond acceptors (Lipinski definition) is 2. The van der Waals surface area contributed by atoms with Gasteiger partial charge in [-0.1, -0.05) is 12.1 Å². The Kier molecular flexibility index (Phi) is 1.81. The van der Waals surface area contributed by atoms with Crippen LogP contribution in [-0.2, 0) is 7.05 Å². The fourth-order valence-corrected chi connectivity index (χ4v) is 1.49. The standard InChI is InChI=1S/C9H7ClN2O/c1-12-7-5-3-2-4-6(7)11-9(12)8(10)13/h2-5H,1H3. The summed E-state index contributed by atoms with van der Waals surface area (Å²) < 4.78 is 1.69. The van der Waals surface area contributed by atoms with E-state index in [1.165, 1.54) is 0 Å². The van der Waals surface area contributed by atoms with Crippen molar-refractivity contribution in [1.82, 2.24) is 9.55 Å². The van der Waals surface area contributed by atoms with Crippen molar-refractivity contribution in [2.24, 2.45) is 7.05 Å². The van der Waals surface area contributed by atoms with Gasteiger partial charge in [0.25, 0.3) is 5.24 Å². The molecule has 0 aliphatic carbocycles. The molecule has 0 amide bonds. The summed E-state index contributed by atoms with van der Waals surface area (Å²) in [5, 5.41) is -0.529. The van der Waals surface area contributed by atoms with E-state index in [0.717, 1.165) is 11.0 Å². The Balaban J connectivity index is 2.81. The Labute approximate surface area is 79.9 Å². The molecule has 0 fully saturated rings. The number of carbonyl (C=O) groups excluding carboxylic acids is 1. The van der Waals surface area contributed by atoms with Crippen LogP contribution < -0.4 is 0 Å². The van der Waals surface area contributed by atoms with Crippen molar-refractivity contribution in [1.29, 1.82) is 0 Å². The highest BCUT2D eigenvalue weighted by molar-refractivity contribution is 6.67. The van der Waals surface area contributed by atoms with Gasteiger partial charge in [-0.15, -0.1) is 0 Å². The van der Waals surface area contributed by atoms with Gasteiger partial charge in [0.15, 0.2) is 5.82 Å². The zero-order chi connectivity index (χ0) is 9.42. The summed E-state index contributed by atoms with van der Waals surface area (Å²) >= 11 is 5.36. The molecule has 2 aromatic rings. The molecular formula is C9H7ClN2O. The number of aromatic nitrogens is 2. The van der Waals surface area contributed by atoms with Crippen molar-refractivity contribution in [2.75, 3.05) is 0 Å². The van der Waals surface area contributed by atoms with Gasteiger partial charge in [0.2, 0.25) is 0 Å². The molecule has 0 atom stereocenters. The summed E-state index contributed by atoms with van der Waals surface area (Å²) in [7, 11) is 1.77. The molecule has 0 radical (unpaired) electrons. The largest absolute Gasteiger partial charge is 0.324 e. The van der Waals surface area contributed by atoms with E-state index in [1.54, 1.807) is 11.6 Å². The fourth-order valence-electron chi connectivity index (χ4n) is 1.32. The summed E-state index contributed by atoms with van der Waals surface area (Å²) in [4.78, 5) is 15.0. The number of hydrogen-bond donors (Lipinski definition) is 0. The Morgan fingerprint density at radius 1 is 1.46 bits per heavy atom. The number of para-hydroxylation sites is 2. The molecule has 66 valence electrons. The lowest BCUT2D eigenvalue weighted by Crippen LogP contribution is -2.00. The lowest BCUT2D eigenvalue weighted by atomic mass is 10.3. The minimum atomic E-state index is -0.529. The van der Waals surface area contributed by atoms with E-state index in [-0.39, 0.29) is 5.82 Å². The van der Waals surface area contributed by atoms with Crippen LogP contribution in [0.4, 0.5) is 0 Å². The van der Waals surface area contributed by atoms with Gasteiger partial charge in [-0.2, -0.15) is 0 Å². The van der Waals surface area contributed by atoms with Crippen LogP contribution in [0.3, 0.4) is 0 Å². The van der Waals surface area contributed by atoms with Crippen molar-refractivity contribution in [2.45, 2.75) is 0 Å². The molecule has 0 aliphatic rings. The van der Waals surface area contributed by atoms with Gasteiger partial charge in [-0.05, 0) is 23.7 Å². The molecule has 1 aromatic heterocycles. The number of carbonyl (C=O) groups is 1. The highest BCUT2D eigenvalue weighted by Gasteiger charge is 2.11. The van der Waals surface area contributed by atoms with E-state index in [2.05, 4.69) is 4.98 Å². The molecule has 0 N–H and O–H groups in total. The number of benzene rings is 1. The van der Waals surface area contributed by atoms with Crippen LogP contribution in [0.2, 0.25) is 0 Å². The number of fused-ring (bicyclic) bond motifs is 1. The summed E-state index contributed by atoms with van der Waals surface area (Å²) in [6.45, 7) is 0. The molecular weight excluding hydrogens is 188 g/mol. The highest BCUT2D eigenvalue weighted by atomic mass is 35.5. The lowest BCUT2D eigenvalue weighted by Gasteiger charge is -1.94. The van der Waals surface area contributed by atoms with Crippen LogP contribution in [0.5, 0.6) is 0 Å². The molecule has 2 rings (SSSR count). The lowest BCUT2D eigenvalue weighted by molar-refractivity contribution is 0.107. The van der Waals surface area contributed by atoms with Crippen LogP contribution in [0.1, 0.15) is 10.6 Å². The predicted octanol–water partition coefficient (Wildman–Crippen LogP) is 1.95. The van der Waals surface area contributed by atoms with E-state index in [1.807, 2.05) is 24.3 Å². The van der Waals surface area contributed by atoms with E-state index in [0.29, 0.717) is 0 Å². The molecule has 0 saturated heterocycles. The Morgan fingerprint density at radius 3 is 2.77 bits per heavy atom. The maximum Gasteiger partial charge on any atom is 0.288 e. The van der Waals surface area contributed by atoms with Crippen molar-refractivity contribution in [3.63, 3.8) is 0 Å². The number of halogens is 1. The maximum atomic E-state index is 10.9. The third-order valence-corrected chi connectivity index (χ3v) is 2.13. The molecule has 3 nitrogen and oxygen atoms in total. The highest BCUT2D eigenvalue weighted by Crippen LogP contribution is 2.14. The van der Waals surface area contributed by atoms with Crippen LogP contribution in [0.15, 0.2) is 24.3 Å². The van der Waals surface area contributed by atoms with Crippen LogP contribution in [0, 0.1) is 0 Å². The maximum absolute atomic E-state index is 10.9. The van der Waals surface area contributed by atoms with Crippen LogP contribution >= 0.6 is 11.6 Å². The molecule has 13 heavy (non-hydrogen) atoms. The van der Waals surface area contributed by atoms with E-state index < -0.39 is 5.24 Å². The fraction of sp³-hybridized carbons (Fsp3) is 0.111. The third kappa shape index (κ3) is 1.21. The normalized spacial score (nSPS) is 10.6. The number of nitrogens with zero attached hydrogens (tertiary/aromatic N) is 2. The second-order valence-electron chi connectivity index (χ2n) is 2.76. The number of rotatable bonds is 1. The average molecular weight is 195 g/mol. The summed E-state index contributed by atoms with van der Waals surface area (Å²) in [6, 6.07) is 7.51. The molecule has 0 spiro atoms. The molecule has 0 bridgehead atoms. The second-order valence-corrected chi connectivity index (χ2v) is 3.10. The third-order valence-electron chi connectivity index (χ3n) is 1.96. The van der Waals surface area contributed by atoms with Gasteiger partial charge in [-0.25, -0.2) is 4.98 Å². The SMILES string of the molecule is Cn1c(C(=O)Cl)nc2ccccc21. The van der Waals surface area contributed by atoms with E-state index >= 15 is 0 Å². The van der Waals surface area contributed by atoms with Crippen LogP contribution in [0.25, 0.3) is 11.0 Å². The smallest absolute Gasteiger partial charge is 0.288 e. The average Bonchev–Trinajstić information content (AvgIpc) is 2.45. The number of imidazole rings is 1. The topological polar surface area (TPSA) is 34.9 Å². The Morgan fingerprint density at radius 2 is 2.15 bits per heavy atom. The minimum absolute atomic E-state index is 0.280. The molecule has 0 aliphatic heterocycles. The van der Waals surface area contributed by atoms with E-state index in [9.17, 15) is 4.79 Å². The summed E-state index contributed by atoms with van der Waals surface area (Å²) in [5.41, 5.74) is 1.69. The van der Waals surface area contributed by atoms with E-state index in [4.69, 9.17) is 11.6 Å². The van der Waals surface area contributed by atoms with Gasteiger partial charge in [-0.3, -0.25) is 4.79 Å². The van der Waals surface area contributed by atoms with Gasteiger partial charge in [0, 0.05) is 7.05 Å². The van der Waals surface area contributed by atoms with Crippen molar-refractivity contribution in [3.8, 4) is 0 Å². The summed E-state index contributed by atoms with van der Waals surface area (Å²) in [6.07, 6.45) is 0. The zero-order valence-electron chi connectivity index (χ0n) is 6.99. The molecule has 0 unspecified atom stereocenters. The molecule has 1 aromatic carbocycles. The van der Waals surface area contributed by atoms with Gasteiger partial charge >= 0.3 is 0 Å². The number of aryl methyl sites for hydroxylation is 1. The summed E-state index contributed by atoms with van der Waals surface area (Å²) in [5.74, 6) is 0.280. The van der Waals surface area contributed by atoms with Crippen molar-refractivity contribution >= 4 is 27.9 Å². The predicted molar refractivity (Wildman–Crippen MR) is 50.9 cm³/mol. The molecule has 0 saturated carbocycles. The van der Waals surface area contributed by atoms with Crippen molar-refractivity contribution in [3.05, 3.63) is 30.1 Å². The molecule has 1 heterocycles. The quantitative estimate of drug-likeness (QED) is 0.651.